The van der Waals surface area contributed by atoms with Crippen LogP contribution in [-0.2, 0) is 14.3 Å². The molecule has 1 aromatic rings. The molecule has 0 bridgehead atoms. The molecule has 20 heavy (non-hydrogen) atoms. The molecule has 1 rings (SSSR count). The number of nitrogen functional groups attached to an aromatic ring is 1. The number of nitrogens with zero attached hydrogens (tertiary/aromatic N) is 1. The highest BCUT2D eigenvalue weighted by Crippen LogP contribution is 2.34. The number of esters is 2. The van der Waals surface area contributed by atoms with Gasteiger partial charge in [-0.05, 0) is 13.8 Å². The fourth-order valence-corrected chi connectivity index (χ4v) is 1.74. The number of carbonyl (C=O) groups excluding carboxylic acids is 2. The number of anilines is 1. The Kier molecular flexibility index (Phi) is 5.86. The summed E-state index contributed by atoms with van der Waals surface area (Å²) in [6.45, 7) is 2.75. The zero-order valence-corrected chi connectivity index (χ0v) is 12.8. The lowest BCUT2D eigenvalue weighted by atomic mass is 10.3. The molecular weight excluding hydrogens is 330 g/mol. The molecule has 0 aliphatic rings. The first-order chi connectivity index (χ1) is 9.23. The highest BCUT2D eigenvalue weighted by Gasteiger charge is 2.22. The van der Waals surface area contributed by atoms with Crippen LogP contribution in [0, 0.1) is 0 Å². The van der Waals surface area contributed by atoms with Gasteiger partial charge in [-0.3, -0.25) is 0 Å². The van der Waals surface area contributed by atoms with Crippen molar-refractivity contribution in [2.75, 3.05) is 12.3 Å². The molecule has 0 aliphatic heterocycles. The monoisotopic (exact) mass is 340 g/mol. The Morgan fingerprint density at radius 3 is 2.40 bits per heavy atom. The van der Waals surface area contributed by atoms with E-state index in [1.807, 2.05) is 0 Å². The second-order valence-corrected chi connectivity index (χ2v) is 5.02. The second kappa shape index (κ2) is 6.97. The minimum atomic E-state index is -0.957. The summed E-state index contributed by atoms with van der Waals surface area (Å²) in [6, 6.07) is 0. The van der Waals surface area contributed by atoms with Crippen LogP contribution in [0.2, 0.25) is 15.2 Å². The number of rotatable bonds is 4. The third kappa shape index (κ3) is 4.13. The Morgan fingerprint density at radius 1 is 1.25 bits per heavy atom. The molecule has 0 spiro atoms. The average molecular weight is 342 g/mol. The maximum atomic E-state index is 11.7. The third-order valence-corrected chi connectivity index (χ3v) is 3.09. The van der Waals surface area contributed by atoms with E-state index in [1.54, 1.807) is 13.8 Å². The minimum Gasteiger partial charge on any atom is -0.460 e. The van der Waals surface area contributed by atoms with Gasteiger partial charge in [0.1, 0.15) is 5.02 Å². The van der Waals surface area contributed by atoms with Crippen molar-refractivity contribution in [3.63, 3.8) is 0 Å². The number of aromatic nitrogens is 1. The molecular formula is C11H11Cl3N2O4. The van der Waals surface area contributed by atoms with E-state index in [2.05, 4.69) is 4.98 Å². The van der Waals surface area contributed by atoms with Crippen LogP contribution in [-0.4, -0.2) is 29.6 Å². The van der Waals surface area contributed by atoms with E-state index in [9.17, 15) is 9.59 Å². The van der Waals surface area contributed by atoms with Gasteiger partial charge in [-0.2, -0.15) is 0 Å². The molecule has 1 heterocycles. The maximum absolute atomic E-state index is 11.7. The number of ether oxygens (including phenoxy) is 2. The molecule has 0 aliphatic carbocycles. The van der Waals surface area contributed by atoms with Crippen molar-refractivity contribution in [2.45, 2.75) is 20.0 Å². The molecule has 9 heteroatoms. The van der Waals surface area contributed by atoms with E-state index in [-0.39, 0.29) is 32.7 Å². The van der Waals surface area contributed by atoms with Gasteiger partial charge in [0.15, 0.2) is 17.5 Å². The summed E-state index contributed by atoms with van der Waals surface area (Å²) in [6.07, 6.45) is -0.316. The summed E-state index contributed by atoms with van der Waals surface area (Å²) >= 11 is 17.2. The summed E-state index contributed by atoms with van der Waals surface area (Å²) < 4.78 is 9.50. The van der Waals surface area contributed by atoms with Crippen molar-refractivity contribution in [1.29, 1.82) is 0 Å². The number of hydrogen-bond donors (Lipinski definition) is 1. The Balaban J connectivity index is 2.81. The van der Waals surface area contributed by atoms with Crippen molar-refractivity contribution in [3.8, 4) is 0 Å². The van der Waals surface area contributed by atoms with E-state index >= 15 is 0 Å². The Hall–Kier alpha value is -1.24. The standard InChI is InChI=1S/C11H11Cl3N2O4/c1-4(2)20-5(17)3-19-11(18)9-6(12)8(15)7(13)10(14)16-9/h4H,3H2,1-2H3,(H2,15,16). The molecule has 0 atom stereocenters. The van der Waals surface area contributed by atoms with Crippen LogP contribution in [0.1, 0.15) is 24.3 Å². The fourth-order valence-electron chi connectivity index (χ4n) is 1.16. The quantitative estimate of drug-likeness (QED) is 0.669. The number of nitrogens with two attached hydrogens (primary N) is 1. The van der Waals surface area contributed by atoms with E-state index in [1.165, 1.54) is 0 Å². The molecule has 0 fully saturated rings. The number of carbonyl (C=O) groups is 2. The molecule has 0 saturated heterocycles. The van der Waals surface area contributed by atoms with Gasteiger partial charge in [-0.15, -0.1) is 0 Å². The predicted octanol–water partition coefficient (Wildman–Crippen LogP) is 2.73. The fraction of sp³-hybridized carbons (Fsp3) is 0.364. The van der Waals surface area contributed by atoms with Gasteiger partial charge in [0.2, 0.25) is 0 Å². The summed E-state index contributed by atoms with van der Waals surface area (Å²) in [5, 5.41) is -0.445. The number of hydrogen-bond acceptors (Lipinski definition) is 6. The zero-order valence-electron chi connectivity index (χ0n) is 10.6. The Labute approximate surface area is 130 Å². The summed E-state index contributed by atoms with van der Waals surface area (Å²) in [7, 11) is 0. The number of pyridine rings is 1. The Bertz CT molecular complexity index is 549. The van der Waals surface area contributed by atoms with E-state index < -0.39 is 18.5 Å². The largest absolute Gasteiger partial charge is 0.460 e. The topological polar surface area (TPSA) is 91.5 Å². The van der Waals surface area contributed by atoms with E-state index in [4.69, 9.17) is 50.0 Å². The highest BCUT2D eigenvalue weighted by atomic mass is 35.5. The van der Waals surface area contributed by atoms with E-state index in [0.717, 1.165) is 0 Å². The molecule has 0 aromatic carbocycles. The first-order valence-corrected chi connectivity index (χ1v) is 6.54. The van der Waals surface area contributed by atoms with Crippen molar-refractivity contribution >= 4 is 52.4 Å². The molecule has 0 unspecified atom stereocenters. The maximum Gasteiger partial charge on any atom is 0.359 e. The molecule has 0 amide bonds. The Morgan fingerprint density at radius 2 is 1.85 bits per heavy atom. The van der Waals surface area contributed by atoms with Crippen molar-refractivity contribution in [2.24, 2.45) is 0 Å². The molecule has 2 N–H and O–H groups in total. The van der Waals surface area contributed by atoms with Gasteiger partial charge >= 0.3 is 11.9 Å². The first-order valence-electron chi connectivity index (χ1n) is 5.40. The van der Waals surface area contributed by atoms with E-state index in [0.29, 0.717) is 0 Å². The van der Waals surface area contributed by atoms with Crippen LogP contribution in [0.5, 0.6) is 0 Å². The normalized spacial score (nSPS) is 10.5. The summed E-state index contributed by atoms with van der Waals surface area (Å²) in [4.78, 5) is 26.6. The van der Waals surface area contributed by atoms with Crippen LogP contribution in [0.25, 0.3) is 0 Å². The predicted molar refractivity (Wildman–Crippen MR) is 75.2 cm³/mol. The lowest BCUT2D eigenvalue weighted by Gasteiger charge is -2.10. The highest BCUT2D eigenvalue weighted by molar-refractivity contribution is 6.46. The minimum absolute atomic E-state index is 0.0626. The smallest absolute Gasteiger partial charge is 0.359 e. The molecule has 1 aromatic heterocycles. The third-order valence-electron chi connectivity index (χ3n) is 1.95. The van der Waals surface area contributed by atoms with Crippen LogP contribution in [0.4, 0.5) is 5.69 Å². The van der Waals surface area contributed by atoms with Crippen LogP contribution in [0.15, 0.2) is 0 Å². The van der Waals surface area contributed by atoms with Crippen molar-refractivity contribution in [3.05, 3.63) is 20.9 Å². The number of halogens is 3. The molecule has 6 nitrogen and oxygen atoms in total. The van der Waals surface area contributed by atoms with Gasteiger partial charge < -0.3 is 15.2 Å². The van der Waals surface area contributed by atoms with Gasteiger partial charge in [0, 0.05) is 0 Å². The van der Waals surface area contributed by atoms with Gasteiger partial charge in [0.05, 0.1) is 16.8 Å². The summed E-state index contributed by atoms with van der Waals surface area (Å²) in [5.41, 5.74) is 5.14. The molecule has 110 valence electrons. The molecule has 0 radical (unpaired) electrons. The van der Waals surface area contributed by atoms with Gasteiger partial charge in [0.25, 0.3) is 0 Å². The lowest BCUT2D eigenvalue weighted by molar-refractivity contribution is -0.150. The SMILES string of the molecule is CC(C)OC(=O)COC(=O)c1nc(Cl)c(Cl)c(N)c1Cl. The van der Waals surface area contributed by atoms with Crippen LogP contribution >= 0.6 is 34.8 Å². The van der Waals surface area contributed by atoms with Crippen molar-refractivity contribution < 1.29 is 19.1 Å². The van der Waals surface area contributed by atoms with Gasteiger partial charge in [-0.1, -0.05) is 34.8 Å². The zero-order chi connectivity index (χ0) is 15.4. The van der Waals surface area contributed by atoms with Crippen LogP contribution in [0.3, 0.4) is 0 Å². The second-order valence-electron chi connectivity index (χ2n) is 3.91. The molecule has 0 saturated carbocycles. The van der Waals surface area contributed by atoms with Crippen LogP contribution < -0.4 is 5.73 Å². The first kappa shape index (κ1) is 16.8. The summed E-state index contributed by atoms with van der Waals surface area (Å²) in [5.74, 6) is -1.65. The lowest BCUT2D eigenvalue weighted by Crippen LogP contribution is -2.20. The van der Waals surface area contributed by atoms with Gasteiger partial charge in [-0.25, -0.2) is 14.6 Å². The average Bonchev–Trinajstić information content (AvgIpc) is 2.37. The van der Waals surface area contributed by atoms with Crippen molar-refractivity contribution in [1.82, 2.24) is 4.98 Å².